The molecule has 7 heteroatoms. The molecule has 2 aromatic carbocycles. The molecule has 0 radical (unpaired) electrons. The van der Waals surface area contributed by atoms with E-state index in [2.05, 4.69) is 35.8 Å². The van der Waals surface area contributed by atoms with Crippen molar-refractivity contribution in [2.75, 3.05) is 31.8 Å². The van der Waals surface area contributed by atoms with Crippen LogP contribution in [0.5, 0.6) is 0 Å². The average Bonchev–Trinajstić information content (AvgIpc) is 3.18. The molecule has 1 unspecified atom stereocenters. The highest BCUT2D eigenvalue weighted by Crippen LogP contribution is 2.65. The van der Waals surface area contributed by atoms with Crippen LogP contribution in [-0.4, -0.2) is 54.7 Å². The summed E-state index contributed by atoms with van der Waals surface area (Å²) in [4.78, 5) is 26.2. The Morgan fingerprint density at radius 3 is 2.50 bits per heavy atom. The molecule has 3 aliphatic heterocycles. The largest absolute Gasteiger partial charge is 0.480 e. The molecule has 1 amide bonds. The number of rotatable bonds is 4. The molecule has 3 fully saturated rings. The predicted octanol–water partition coefficient (Wildman–Crippen LogP) is 3.71. The van der Waals surface area contributed by atoms with E-state index in [0.29, 0.717) is 17.9 Å². The van der Waals surface area contributed by atoms with Gasteiger partial charge in [-0.05, 0) is 66.2 Å². The van der Waals surface area contributed by atoms with Crippen LogP contribution in [0.2, 0.25) is 0 Å². The van der Waals surface area contributed by atoms with E-state index in [1.807, 2.05) is 24.1 Å². The van der Waals surface area contributed by atoms with Gasteiger partial charge >= 0.3 is 5.97 Å². The Morgan fingerprint density at radius 2 is 1.82 bits per heavy atom. The molecule has 2 N–H and O–H groups in total. The van der Waals surface area contributed by atoms with E-state index in [1.165, 1.54) is 12.0 Å². The average molecular weight is 462 g/mol. The smallest absolute Gasteiger partial charge is 0.327 e. The van der Waals surface area contributed by atoms with Crippen LogP contribution in [0, 0.1) is 5.41 Å². The quantitative estimate of drug-likeness (QED) is 0.723. The number of carbonyl (C=O) groups excluding carboxylic acids is 1. The van der Waals surface area contributed by atoms with E-state index < -0.39 is 12.0 Å². The van der Waals surface area contributed by atoms with Crippen molar-refractivity contribution in [2.24, 2.45) is 5.41 Å². The van der Waals surface area contributed by atoms with E-state index >= 15 is 0 Å². The maximum Gasteiger partial charge on any atom is 0.327 e. The van der Waals surface area contributed by atoms with Crippen LogP contribution < -0.4 is 10.4 Å². The van der Waals surface area contributed by atoms with Crippen LogP contribution in [-0.2, 0) is 14.3 Å². The third-order valence-corrected chi connectivity index (χ3v) is 8.38. The third kappa shape index (κ3) is 3.58. The van der Waals surface area contributed by atoms with Crippen molar-refractivity contribution < 1.29 is 19.4 Å². The summed E-state index contributed by atoms with van der Waals surface area (Å²) < 4.78 is 5.60. The maximum atomic E-state index is 12.7. The first-order valence-corrected chi connectivity index (χ1v) is 12.3. The molecule has 1 aliphatic carbocycles. The summed E-state index contributed by atoms with van der Waals surface area (Å²) in [7, 11) is 1.85. The lowest BCUT2D eigenvalue weighted by Gasteiger charge is -2.34. The van der Waals surface area contributed by atoms with E-state index in [4.69, 9.17) is 4.74 Å². The lowest BCUT2D eigenvalue weighted by Crippen LogP contribution is -2.44. The van der Waals surface area contributed by atoms with Crippen molar-refractivity contribution in [1.29, 1.82) is 0 Å². The lowest BCUT2D eigenvalue weighted by atomic mass is 9.88. The van der Waals surface area contributed by atoms with Gasteiger partial charge in [0.05, 0.1) is 5.69 Å². The first-order valence-electron chi connectivity index (χ1n) is 12.3. The first-order chi connectivity index (χ1) is 16.4. The normalized spacial score (nSPS) is 27.1. The van der Waals surface area contributed by atoms with Crippen LogP contribution in [0.3, 0.4) is 0 Å². The number of ether oxygens (including phenoxy) is 1. The number of benzene rings is 2. The number of nitrogens with one attached hydrogen (secondary N) is 1. The van der Waals surface area contributed by atoms with Crippen molar-refractivity contribution in [3.63, 3.8) is 0 Å². The maximum absolute atomic E-state index is 12.7. The molecule has 3 atom stereocenters. The standard InChI is InChI=1S/C27H31N3O4/c1-29-22-15-19(8-9-20(22)24(28-29)26(32)33)17-4-6-18(7-5-17)21-16-27(21)10-12-30(13-11-27)25(31)23-3-2-14-34-23/h4-9,15,21,23-24,28H,2-3,10-14,16H2,1H3,(H,32,33)/t21-,23-,24?/m1/s1. The van der Waals surface area contributed by atoms with Crippen molar-refractivity contribution >= 4 is 17.6 Å². The number of amides is 1. The van der Waals surface area contributed by atoms with Crippen LogP contribution in [0.25, 0.3) is 11.1 Å². The SMILES string of the molecule is CN1NC(C(=O)O)c2ccc(-c3ccc([C@H]4CC45CCN(C(=O)[C@H]4CCCO4)CC5)cc3)cc21. The van der Waals surface area contributed by atoms with E-state index in [9.17, 15) is 14.7 Å². The number of anilines is 1. The van der Waals surface area contributed by atoms with Crippen LogP contribution in [0.1, 0.15) is 55.2 Å². The number of nitrogens with zero attached hydrogens (tertiary/aromatic N) is 2. The minimum atomic E-state index is -0.872. The summed E-state index contributed by atoms with van der Waals surface area (Å²) in [6.07, 6.45) is 5.02. The van der Waals surface area contributed by atoms with Crippen LogP contribution in [0.15, 0.2) is 42.5 Å². The second kappa shape index (κ2) is 8.10. The van der Waals surface area contributed by atoms with Gasteiger partial charge in [0, 0.05) is 32.3 Å². The Kier molecular flexibility index (Phi) is 5.15. The molecule has 6 rings (SSSR count). The highest BCUT2D eigenvalue weighted by Gasteiger charge is 2.55. The fourth-order valence-electron chi connectivity index (χ4n) is 6.21. The highest BCUT2D eigenvalue weighted by molar-refractivity contribution is 5.83. The number of piperidine rings is 1. The second-order valence-electron chi connectivity index (χ2n) is 10.3. The Bertz CT molecular complexity index is 1120. The molecule has 3 heterocycles. The van der Waals surface area contributed by atoms with Gasteiger partial charge in [-0.25, -0.2) is 5.43 Å². The van der Waals surface area contributed by atoms with E-state index in [0.717, 1.165) is 61.2 Å². The molecule has 1 spiro atoms. The van der Waals surface area contributed by atoms with Gasteiger partial charge in [0.25, 0.3) is 5.91 Å². The number of carboxylic acids is 1. The van der Waals surface area contributed by atoms with Crippen molar-refractivity contribution in [3.05, 3.63) is 53.6 Å². The monoisotopic (exact) mass is 461 g/mol. The molecule has 0 aromatic heterocycles. The summed E-state index contributed by atoms with van der Waals surface area (Å²) in [5, 5.41) is 11.2. The number of hydrogen-bond donors (Lipinski definition) is 2. The Morgan fingerprint density at radius 1 is 1.09 bits per heavy atom. The van der Waals surface area contributed by atoms with Gasteiger partial charge in [0.2, 0.25) is 0 Å². The molecule has 7 nitrogen and oxygen atoms in total. The minimum Gasteiger partial charge on any atom is -0.480 e. The molecule has 34 heavy (non-hydrogen) atoms. The summed E-state index contributed by atoms with van der Waals surface area (Å²) in [6.45, 7) is 2.41. The van der Waals surface area contributed by atoms with Crippen LogP contribution in [0.4, 0.5) is 5.69 Å². The van der Waals surface area contributed by atoms with Gasteiger partial charge in [-0.2, -0.15) is 0 Å². The summed E-state index contributed by atoms with van der Waals surface area (Å²) in [5.74, 6) is -0.102. The van der Waals surface area contributed by atoms with E-state index in [-0.39, 0.29) is 12.0 Å². The number of likely N-dealkylation sites (tertiary alicyclic amines) is 1. The highest BCUT2D eigenvalue weighted by atomic mass is 16.5. The van der Waals surface area contributed by atoms with Gasteiger partial charge in [-0.1, -0.05) is 36.4 Å². The zero-order valence-electron chi connectivity index (χ0n) is 19.5. The molecule has 4 aliphatic rings. The van der Waals surface area contributed by atoms with Crippen molar-refractivity contribution in [3.8, 4) is 11.1 Å². The van der Waals surface area contributed by atoms with Gasteiger partial charge in [-0.3, -0.25) is 9.59 Å². The van der Waals surface area contributed by atoms with E-state index in [1.54, 1.807) is 5.01 Å². The summed E-state index contributed by atoms with van der Waals surface area (Å²) in [5.41, 5.74) is 8.63. The lowest BCUT2D eigenvalue weighted by molar-refractivity contribution is -0.142. The van der Waals surface area contributed by atoms with Gasteiger partial charge in [0.1, 0.15) is 6.10 Å². The number of hydrogen-bond acceptors (Lipinski definition) is 5. The first kappa shape index (κ1) is 21.6. The Balaban J connectivity index is 1.12. The van der Waals surface area contributed by atoms with Gasteiger partial charge in [-0.15, -0.1) is 0 Å². The molecule has 1 saturated carbocycles. The zero-order valence-corrected chi connectivity index (χ0v) is 19.5. The van der Waals surface area contributed by atoms with Gasteiger partial charge in [0.15, 0.2) is 6.04 Å². The Labute approximate surface area is 199 Å². The molecule has 178 valence electrons. The molecular formula is C27H31N3O4. The van der Waals surface area contributed by atoms with Crippen molar-refractivity contribution in [1.82, 2.24) is 10.3 Å². The minimum absolute atomic E-state index is 0.193. The predicted molar refractivity (Wildman–Crippen MR) is 128 cm³/mol. The third-order valence-electron chi connectivity index (χ3n) is 8.38. The molecular weight excluding hydrogens is 430 g/mol. The molecule has 0 bridgehead atoms. The fourth-order valence-corrected chi connectivity index (χ4v) is 6.21. The summed E-state index contributed by atoms with van der Waals surface area (Å²) >= 11 is 0. The summed E-state index contributed by atoms with van der Waals surface area (Å²) in [6, 6.07) is 14.1. The number of carbonyl (C=O) groups is 2. The van der Waals surface area contributed by atoms with Crippen molar-refractivity contribution in [2.45, 2.75) is 50.2 Å². The zero-order chi connectivity index (χ0) is 23.4. The Hall–Kier alpha value is -2.90. The van der Waals surface area contributed by atoms with Crippen LogP contribution >= 0.6 is 0 Å². The second-order valence-corrected chi connectivity index (χ2v) is 10.3. The number of carboxylic acid groups (broad SMARTS) is 1. The topological polar surface area (TPSA) is 82.1 Å². The number of fused-ring (bicyclic) bond motifs is 1. The number of hydrazine groups is 1. The van der Waals surface area contributed by atoms with Gasteiger partial charge < -0.3 is 19.8 Å². The fraction of sp³-hybridized carbons (Fsp3) is 0.481. The number of aliphatic carboxylic acids is 1. The molecule has 2 aromatic rings. The molecule has 2 saturated heterocycles.